The third-order valence-electron chi connectivity index (χ3n) is 3.94. The van der Waals surface area contributed by atoms with E-state index in [2.05, 4.69) is 35.3 Å². The van der Waals surface area contributed by atoms with Crippen LogP contribution >= 0.6 is 11.8 Å². The molecule has 2 aromatic heterocycles. The number of pyridine rings is 1. The van der Waals surface area contributed by atoms with E-state index in [1.165, 1.54) is 11.8 Å². The van der Waals surface area contributed by atoms with Gasteiger partial charge in [-0.1, -0.05) is 25.6 Å². The van der Waals surface area contributed by atoms with Gasteiger partial charge >= 0.3 is 0 Å². The molecule has 0 fully saturated rings. The molecule has 2 aromatic rings. The van der Waals surface area contributed by atoms with Crippen LogP contribution in [0.15, 0.2) is 17.3 Å². The fourth-order valence-corrected chi connectivity index (χ4v) is 3.28. The van der Waals surface area contributed by atoms with E-state index in [4.69, 9.17) is 0 Å². The number of anilines is 1. The number of hydrogen-bond donors (Lipinski definition) is 1. The normalized spacial score (nSPS) is 10.8. The zero-order valence-corrected chi connectivity index (χ0v) is 16.1. The van der Waals surface area contributed by atoms with E-state index in [9.17, 15) is 10.1 Å². The first kappa shape index (κ1) is 19.0. The van der Waals surface area contributed by atoms with E-state index in [1.807, 2.05) is 20.8 Å². The minimum atomic E-state index is -0.142. The van der Waals surface area contributed by atoms with Crippen LogP contribution in [-0.2, 0) is 11.3 Å². The van der Waals surface area contributed by atoms with Crippen LogP contribution in [0.5, 0.6) is 0 Å². The number of nitrogens with one attached hydrogen (secondary N) is 1. The van der Waals surface area contributed by atoms with Crippen molar-refractivity contribution in [3.8, 4) is 6.07 Å². The van der Waals surface area contributed by atoms with E-state index in [0.29, 0.717) is 22.3 Å². The van der Waals surface area contributed by atoms with Crippen LogP contribution in [0.1, 0.15) is 36.2 Å². The first-order chi connectivity index (χ1) is 11.8. The molecule has 1 N–H and O–H groups in total. The maximum absolute atomic E-state index is 12.3. The van der Waals surface area contributed by atoms with Crippen molar-refractivity contribution in [2.75, 3.05) is 11.1 Å². The lowest BCUT2D eigenvalue weighted by atomic mass is 10.1. The Bertz CT molecular complexity index is 820. The minimum absolute atomic E-state index is 0.142. The first-order valence-electron chi connectivity index (χ1n) is 8.15. The van der Waals surface area contributed by atoms with Crippen molar-refractivity contribution in [2.45, 2.75) is 46.2 Å². The predicted molar refractivity (Wildman–Crippen MR) is 99.6 cm³/mol. The Labute approximate surface area is 152 Å². The van der Waals surface area contributed by atoms with Gasteiger partial charge < -0.3 is 5.32 Å². The zero-order chi connectivity index (χ0) is 18.6. The van der Waals surface area contributed by atoms with Gasteiger partial charge in [-0.25, -0.2) is 9.67 Å². The molecular weight excluding hydrogens is 334 g/mol. The van der Waals surface area contributed by atoms with Gasteiger partial charge in [0.1, 0.15) is 16.9 Å². The average Bonchev–Trinajstić information content (AvgIpc) is 2.97. The highest BCUT2D eigenvalue weighted by Gasteiger charge is 2.15. The molecule has 0 bridgehead atoms. The average molecular weight is 357 g/mol. The number of aryl methyl sites for hydroxylation is 1. The number of carbonyl (C=O) groups excluding carboxylic acids is 1. The Morgan fingerprint density at radius 3 is 2.72 bits per heavy atom. The molecule has 0 saturated carbocycles. The summed E-state index contributed by atoms with van der Waals surface area (Å²) in [5.41, 5.74) is 3.37. The molecule has 7 heteroatoms. The van der Waals surface area contributed by atoms with Crippen molar-refractivity contribution in [1.82, 2.24) is 14.8 Å². The van der Waals surface area contributed by atoms with Gasteiger partial charge in [-0.05, 0) is 37.8 Å². The van der Waals surface area contributed by atoms with Crippen LogP contribution in [0.2, 0.25) is 0 Å². The summed E-state index contributed by atoms with van der Waals surface area (Å²) in [6, 6.07) is 3.98. The number of nitrogens with zero attached hydrogens (tertiary/aromatic N) is 4. The van der Waals surface area contributed by atoms with Crippen LogP contribution in [-0.4, -0.2) is 26.4 Å². The van der Waals surface area contributed by atoms with Crippen molar-refractivity contribution < 1.29 is 4.79 Å². The number of rotatable bonds is 6. The van der Waals surface area contributed by atoms with Crippen molar-refractivity contribution >= 4 is 23.5 Å². The van der Waals surface area contributed by atoms with Crippen molar-refractivity contribution in [3.63, 3.8) is 0 Å². The molecule has 0 spiro atoms. The molecule has 0 aliphatic rings. The number of thioether (sulfide) groups is 1. The van der Waals surface area contributed by atoms with Crippen LogP contribution in [0.4, 0.5) is 5.82 Å². The minimum Gasteiger partial charge on any atom is -0.310 e. The second kappa shape index (κ2) is 8.17. The van der Waals surface area contributed by atoms with Crippen LogP contribution in [0.25, 0.3) is 0 Å². The molecule has 0 radical (unpaired) electrons. The van der Waals surface area contributed by atoms with Gasteiger partial charge in [0.05, 0.1) is 17.5 Å². The summed E-state index contributed by atoms with van der Waals surface area (Å²) >= 11 is 1.28. The summed E-state index contributed by atoms with van der Waals surface area (Å²) in [4.78, 5) is 16.7. The van der Waals surface area contributed by atoms with Gasteiger partial charge in [-0.3, -0.25) is 4.79 Å². The molecule has 0 unspecified atom stereocenters. The lowest BCUT2D eigenvalue weighted by Crippen LogP contribution is -2.19. The zero-order valence-electron chi connectivity index (χ0n) is 15.3. The molecule has 2 heterocycles. The quantitative estimate of drug-likeness (QED) is 0.800. The lowest BCUT2D eigenvalue weighted by Gasteiger charge is -2.12. The van der Waals surface area contributed by atoms with E-state index in [1.54, 1.807) is 16.9 Å². The molecule has 2 rings (SSSR count). The Kier molecular flexibility index (Phi) is 6.21. The molecule has 6 nitrogen and oxygen atoms in total. The maximum atomic E-state index is 12.3. The van der Waals surface area contributed by atoms with E-state index < -0.39 is 0 Å². The van der Waals surface area contributed by atoms with E-state index in [-0.39, 0.29) is 11.7 Å². The molecule has 0 aromatic carbocycles. The maximum Gasteiger partial charge on any atom is 0.235 e. The Morgan fingerprint density at radius 1 is 1.36 bits per heavy atom. The molecule has 132 valence electrons. The highest BCUT2D eigenvalue weighted by Crippen LogP contribution is 2.26. The third-order valence-corrected chi connectivity index (χ3v) is 4.91. The summed E-state index contributed by atoms with van der Waals surface area (Å²) in [6.07, 6.45) is 1.67. The van der Waals surface area contributed by atoms with Crippen molar-refractivity contribution in [2.24, 2.45) is 5.92 Å². The Morgan fingerprint density at radius 2 is 2.08 bits per heavy atom. The Hall–Kier alpha value is -2.33. The standard InChI is InChI=1S/C18H23N5OS/c1-11(2)9-23-16(6-7-20-23)22-17(24)10-25-18-15(8-19)13(4)12(3)14(5)21-18/h6-7,11H,9-10H2,1-5H3,(H,22,24). The highest BCUT2D eigenvalue weighted by atomic mass is 32.2. The van der Waals surface area contributed by atoms with Crippen LogP contribution < -0.4 is 5.32 Å². The van der Waals surface area contributed by atoms with Crippen molar-refractivity contribution in [3.05, 3.63) is 34.6 Å². The summed E-state index contributed by atoms with van der Waals surface area (Å²) in [5.74, 6) is 1.17. The summed E-state index contributed by atoms with van der Waals surface area (Å²) < 4.78 is 1.78. The molecule has 0 atom stereocenters. The van der Waals surface area contributed by atoms with Gasteiger partial charge in [-0.2, -0.15) is 10.4 Å². The van der Waals surface area contributed by atoms with Crippen LogP contribution in [0, 0.1) is 38.0 Å². The summed E-state index contributed by atoms with van der Waals surface area (Å²) in [6.45, 7) is 10.7. The second-order valence-electron chi connectivity index (χ2n) is 6.37. The van der Waals surface area contributed by atoms with Gasteiger partial charge in [0.2, 0.25) is 5.91 Å². The summed E-state index contributed by atoms with van der Waals surface area (Å²) in [7, 11) is 0. The van der Waals surface area contributed by atoms with Gasteiger partial charge in [0.15, 0.2) is 0 Å². The second-order valence-corrected chi connectivity index (χ2v) is 7.33. The van der Waals surface area contributed by atoms with E-state index >= 15 is 0 Å². The number of amides is 1. The monoisotopic (exact) mass is 357 g/mol. The SMILES string of the molecule is Cc1nc(SCC(=O)Nc2ccnn2CC(C)C)c(C#N)c(C)c1C. The highest BCUT2D eigenvalue weighted by molar-refractivity contribution is 8.00. The van der Waals surface area contributed by atoms with Gasteiger partial charge in [0, 0.05) is 18.3 Å². The number of carbonyl (C=O) groups is 1. The lowest BCUT2D eigenvalue weighted by molar-refractivity contribution is -0.113. The molecule has 25 heavy (non-hydrogen) atoms. The molecule has 0 saturated heterocycles. The van der Waals surface area contributed by atoms with Gasteiger partial charge in [0.25, 0.3) is 0 Å². The number of nitriles is 1. The van der Waals surface area contributed by atoms with E-state index in [0.717, 1.165) is 23.4 Å². The predicted octanol–water partition coefficient (Wildman–Crippen LogP) is 3.46. The summed E-state index contributed by atoms with van der Waals surface area (Å²) in [5, 5.41) is 17.1. The molecule has 1 amide bonds. The third kappa shape index (κ3) is 4.60. The largest absolute Gasteiger partial charge is 0.310 e. The topological polar surface area (TPSA) is 83.6 Å². The van der Waals surface area contributed by atoms with Crippen LogP contribution in [0.3, 0.4) is 0 Å². The Balaban J connectivity index is 2.07. The molecular formula is C18H23N5OS. The first-order valence-corrected chi connectivity index (χ1v) is 9.14. The smallest absolute Gasteiger partial charge is 0.235 e. The fraction of sp³-hybridized carbons (Fsp3) is 0.444. The number of aromatic nitrogens is 3. The van der Waals surface area contributed by atoms with Crippen molar-refractivity contribution in [1.29, 1.82) is 5.26 Å². The fourth-order valence-electron chi connectivity index (χ4n) is 2.39. The molecule has 0 aliphatic heterocycles. The number of hydrogen-bond acceptors (Lipinski definition) is 5. The molecule has 0 aliphatic carbocycles. The van der Waals surface area contributed by atoms with Gasteiger partial charge in [-0.15, -0.1) is 0 Å².